The lowest BCUT2D eigenvalue weighted by atomic mass is 10.0. The van der Waals surface area contributed by atoms with E-state index in [-0.39, 0.29) is 18.5 Å². The van der Waals surface area contributed by atoms with Crippen LogP contribution >= 0.6 is 12.4 Å². The van der Waals surface area contributed by atoms with Crippen molar-refractivity contribution in [2.45, 2.75) is 116 Å². The number of aliphatic hydroxyl groups excluding tert-OH is 1. The summed E-state index contributed by atoms with van der Waals surface area (Å²) in [6, 6.07) is 0. The number of aliphatic hydroxyl groups is 1. The van der Waals surface area contributed by atoms with Crippen LogP contribution in [0.1, 0.15) is 110 Å². The van der Waals surface area contributed by atoms with Gasteiger partial charge in [0.2, 0.25) is 0 Å². The fraction of sp³-hybridized carbons (Fsp3) is 0.955. The van der Waals surface area contributed by atoms with Crippen LogP contribution in [0.15, 0.2) is 4.99 Å². The van der Waals surface area contributed by atoms with Gasteiger partial charge in [0.05, 0.1) is 19.0 Å². The minimum absolute atomic E-state index is 0. The van der Waals surface area contributed by atoms with E-state index >= 15 is 0 Å². The highest BCUT2D eigenvalue weighted by Gasteiger charge is 2.11. The molecule has 1 rings (SSSR count). The molecule has 0 aromatic carbocycles. The highest BCUT2D eigenvalue weighted by molar-refractivity contribution is 5.85. The molecule has 0 fully saturated rings. The molecular formula is C22H45ClN2O. The molecule has 1 aliphatic heterocycles. The molecule has 0 saturated heterocycles. The number of unbranched alkanes of at least 4 members (excludes halogenated alkanes) is 14. The summed E-state index contributed by atoms with van der Waals surface area (Å²) >= 11 is 0. The van der Waals surface area contributed by atoms with Crippen molar-refractivity contribution >= 4 is 18.7 Å². The molecule has 0 saturated carbocycles. The van der Waals surface area contributed by atoms with Crippen LogP contribution in [0.2, 0.25) is 0 Å². The fourth-order valence-corrected chi connectivity index (χ4v) is 3.67. The molecule has 1 aliphatic rings. The Morgan fingerprint density at radius 1 is 0.808 bits per heavy atom. The Morgan fingerprint density at radius 2 is 1.27 bits per heavy atom. The van der Waals surface area contributed by atoms with Crippen molar-refractivity contribution in [1.29, 1.82) is 0 Å². The van der Waals surface area contributed by atoms with Crippen LogP contribution in [0.5, 0.6) is 0 Å². The van der Waals surface area contributed by atoms with E-state index in [1.807, 2.05) is 6.34 Å². The Bertz CT molecular complexity index is 313. The lowest BCUT2D eigenvalue weighted by Crippen LogP contribution is -2.30. The van der Waals surface area contributed by atoms with Gasteiger partial charge < -0.3 is 10.0 Å². The second-order valence-corrected chi connectivity index (χ2v) is 7.91. The van der Waals surface area contributed by atoms with E-state index in [0.29, 0.717) is 0 Å². The Kier molecular flexibility index (Phi) is 19.3. The highest BCUT2D eigenvalue weighted by Crippen LogP contribution is 2.14. The zero-order chi connectivity index (χ0) is 18.0. The first kappa shape index (κ1) is 25.7. The van der Waals surface area contributed by atoms with Gasteiger partial charge >= 0.3 is 0 Å². The molecule has 1 N–H and O–H groups in total. The van der Waals surface area contributed by atoms with Crippen molar-refractivity contribution in [3.8, 4) is 0 Å². The molecule has 3 nitrogen and oxygen atoms in total. The molecule has 0 bridgehead atoms. The standard InChI is InChI=1S/C22H44N2O.ClH/c1-2-3-4-5-6-7-8-9-10-11-12-13-14-15-16-17-22(25)20-24-19-18-23-21-24;/h21-22,25H,2-20H2,1H3;1H. The van der Waals surface area contributed by atoms with Crippen molar-refractivity contribution in [1.82, 2.24) is 4.90 Å². The van der Waals surface area contributed by atoms with E-state index in [1.54, 1.807) is 0 Å². The van der Waals surface area contributed by atoms with Crippen LogP contribution in [0.25, 0.3) is 0 Å². The van der Waals surface area contributed by atoms with E-state index in [0.717, 1.165) is 26.1 Å². The summed E-state index contributed by atoms with van der Waals surface area (Å²) in [6.07, 6.45) is 23.6. The number of β-amino-alcohol motifs (C(OH)–C–C–N with tert-alkyl or cyclic N) is 1. The van der Waals surface area contributed by atoms with Gasteiger partial charge in [0.1, 0.15) is 0 Å². The summed E-state index contributed by atoms with van der Waals surface area (Å²) in [5.74, 6) is 0. The van der Waals surface area contributed by atoms with Crippen molar-refractivity contribution in [2.75, 3.05) is 19.6 Å². The van der Waals surface area contributed by atoms with Crippen LogP contribution < -0.4 is 0 Å². The average molecular weight is 389 g/mol. The quantitative estimate of drug-likeness (QED) is 0.277. The third-order valence-electron chi connectivity index (χ3n) is 5.35. The third kappa shape index (κ3) is 15.9. The number of nitrogens with zero attached hydrogens (tertiary/aromatic N) is 2. The van der Waals surface area contributed by atoms with Crippen molar-refractivity contribution in [3.63, 3.8) is 0 Å². The van der Waals surface area contributed by atoms with Gasteiger partial charge in [-0.3, -0.25) is 4.99 Å². The minimum atomic E-state index is -0.175. The second-order valence-electron chi connectivity index (χ2n) is 7.91. The monoisotopic (exact) mass is 388 g/mol. The van der Waals surface area contributed by atoms with Crippen molar-refractivity contribution < 1.29 is 5.11 Å². The normalized spacial score (nSPS) is 14.6. The van der Waals surface area contributed by atoms with Crippen LogP contribution in [0.4, 0.5) is 0 Å². The molecule has 0 amide bonds. The second kappa shape index (κ2) is 19.5. The van der Waals surface area contributed by atoms with Gasteiger partial charge in [-0.2, -0.15) is 0 Å². The average Bonchev–Trinajstić information content (AvgIpc) is 3.11. The molecule has 1 unspecified atom stereocenters. The molecule has 0 aromatic heterocycles. The van der Waals surface area contributed by atoms with E-state index < -0.39 is 0 Å². The maximum Gasteiger partial charge on any atom is 0.0852 e. The number of halogens is 1. The summed E-state index contributed by atoms with van der Waals surface area (Å²) < 4.78 is 0. The minimum Gasteiger partial charge on any atom is -0.391 e. The molecule has 26 heavy (non-hydrogen) atoms. The van der Waals surface area contributed by atoms with Gasteiger partial charge in [-0.05, 0) is 6.42 Å². The first-order valence-electron chi connectivity index (χ1n) is 11.2. The van der Waals surface area contributed by atoms with Crippen molar-refractivity contribution in [3.05, 3.63) is 0 Å². The van der Waals surface area contributed by atoms with E-state index in [1.165, 1.54) is 96.3 Å². The lowest BCUT2D eigenvalue weighted by Gasteiger charge is -2.18. The molecule has 1 heterocycles. The maximum absolute atomic E-state index is 10.0. The Labute approximate surface area is 169 Å². The van der Waals surface area contributed by atoms with Gasteiger partial charge in [0.15, 0.2) is 0 Å². The topological polar surface area (TPSA) is 35.8 Å². The molecule has 0 aromatic rings. The highest BCUT2D eigenvalue weighted by atomic mass is 35.5. The van der Waals surface area contributed by atoms with Crippen LogP contribution in [-0.2, 0) is 0 Å². The summed E-state index contributed by atoms with van der Waals surface area (Å²) in [4.78, 5) is 6.32. The Balaban J connectivity index is 0.00000625. The number of rotatable bonds is 18. The summed E-state index contributed by atoms with van der Waals surface area (Å²) in [5, 5.41) is 10.0. The van der Waals surface area contributed by atoms with Gasteiger partial charge in [0.25, 0.3) is 0 Å². The SMILES string of the molecule is CCCCCCCCCCCCCCCCCC(O)CN1C=NCC1.Cl. The zero-order valence-electron chi connectivity index (χ0n) is 17.3. The smallest absolute Gasteiger partial charge is 0.0852 e. The van der Waals surface area contributed by atoms with E-state index in [4.69, 9.17) is 0 Å². The number of hydrogen-bond donors (Lipinski definition) is 1. The molecule has 156 valence electrons. The summed E-state index contributed by atoms with van der Waals surface area (Å²) in [5.41, 5.74) is 0. The Morgan fingerprint density at radius 3 is 1.69 bits per heavy atom. The molecule has 0 radical (unpaired) electrons. The number of aliphatic imine (C=N–C) groups is 1. The van der Waals surface area contributed by atoms with Gasteiger partial charge in [-0.25, -0.2) is 0 Å². The van der Waals surface area contributed by atoms with E-state index in [9.17, 15) is 5.11 Å². The maximum atomic E-state index is 10.0. The van der Waals surface area contributed by atoms with Gasteiger partial charge in [0, 0.05) is 13.1 Å². The fourth-order valence-electron chi connectivity index (χ4n) is 3.67. The predicted molar refractivity (Wildman–Crippen MR) is 118 cm³/mol. The lowest BCUT2D eigenvalue weighted by molar-refractivity contribution is 0.135. The summed E-state index contributed by atoms with van der Waals surface area (Å²) in [6.45, 7) is 4.93. The van der Waals surface area contributed by atoms with Crippen molar-refractivity contribution in [2.24, 2.45) is 4.99 Å². The van der Waals surface area contributed by atoms with Crippen LogP contribution in [0, 0.1) is 0 Å². The molecule has 0 aliphatic carbocycles. The largest absolute Gasteiger partial charge is 0.391 e. The molecular weight excluding hydrogens is 344 g/mol. The van der Waals surface area contributed by atoms with E-state index in [2.05, 4.69) is 16.8 Å². The first-order chi connectivity index (χ1) is 12.3. The molecule has 1 atom stereocenters. The first-order valence-corrected chi connectivity index (χ1v) is 11.2. The van der Waals surface area contributed by atoms with Crippen LogP contribution in [-0.4, -0.2) is 42.1 Å². The zero-order valence-corrected chi connectivity index (χ0v) is 18.2. The van der Waals surface area contributed by atoms with Gasteiger partial charge in [-0.15, -0.1) is 12.4 Å². The Hall–Kier alpha value is -0.280. The van der Waals surface area contributed by atoms with Crippen LogP contribution in [0.3, 0.4) is 0 Å². The number of hydrogen-bond acceptors (Lipinski definition) is 3. The van der Waals surface area contributed by atoms with Gasteiger partial charge in [-0.1, -0.05) is 103 Å². The molecule has 4 heteroatoms. The molecule has 0 spiro atoms. The predicted octanol–water partition coefficient (Wildman–Crippen LogP) is 6.37. The third-order valence-corrected chi connectivity index (χ3v) is 5.35. The summed E-state index contributed by atoms with van der Waals surface area (Å²) in [7, 11) is 0.